The zero-order chi connectivity index (χ0) is 24.0. The number of benzene rings is 1. The van der Waals surface area contributed by atoms with Crippen molar-refractivity contribution in [2.45, 2.75) is 12.1 Å². The monoisotopic (exact) mass is 458 g/mol. The molecule has 3 N–H and O–H groups in total. The molecule has 3 heterocycles. The van der Waals surface area contributed by atoms with Gasteiger partial charge in [0.2, 0.25) is 0 Å². The summed E-state index contributed by atoms with van der Waals surface area (Å²) in [6.45, 7) is -0.330. The third-order valence-electron chi connectivity index (χ3n) is 5.96. The summed E-state index contributed by atoms with van der Waals surface area (Å²) in [4.78, 5) is 54.6. The molecule has 0 saturated carbocycles. The minimum atomic E-state index is -1.41. The molecule has 1 aliphatic heterocycles. The van der Waals surface area contributed by atoms with Crippen LogP contribution in [-0.4, -0.2) is 81.7 Å². The first kappa shape index (κ1) is 22.1. The number of carbonyl (C=O) groups is 2. The molecular formula is C20H22N6O7. The van der Waals surface area contributed by atoms with Crippen LogP contribution < -0.4 is 11.2 Å². The molecule has 13 heteroatoms. The Morgan fingerprint density at radius 3 is 2.42 bits per heavy atom. The average molecular weight is 458 g/mol. The van der Waals surface area contributed by atoms with Gasteiger partial charge in [0, 0.05) is 39.3 Å². The van der Waals surface area contributed by atoms with Crippen molar-refractivity contribution >= 4 is 23.4 Å². The second kappa shape index (κ2) is 8.09. The van der Waals surface area contributed by atoms with Crippen molar-refractivity contribution in [1.82, 2.24) is 28.5 Å². The van der Waals surface area contributed by atoms with E-state index in [9.17, 15) is 34.5 Å². The molecule has 1 aliphatic rings. The maximum atomic E-state index is 12.9. The van der Waals surface area contributed by atoms with E-state index in [0.29, 0.717) is 5.69 Å². The van der Waals surface area contributed by atoms with Gasteiger partial charge in [-0.05, 0) is 6.07 Å². The Morgan fingerprint density at radius 2 is 1.76 bits per heavy atom. The van der Waals surface area contributed by atoms with E-state index >= 15 is 0 Å². The van der Waals surface area contributed by atoms with Crippen LogP contribution in [-0.2, 0) is 14.1 Å². The Morgan fingerprint density at radius 1 is 1.06 bits per heavy atom. The Hall–Kier alpha value is -4.13. The van der Waals surface area contributed by atoms with E-state index in [1.165, 1.54) is 29.6 Å². The van der Waals surface area contributed by atoms with Gasteiger partial charge in [0.05, 0.1) is 11.7 Å². The summed E-state index contributed by atoms with van der Waals surface area (Å²) < 4.78 is 3.60. The zero-order valence-electron chi connectivity index (χ0n) is 17.8. The lowest BCUT2D eigenvalue weighted by Gasteiger charge is -2.41. The van der Waals surface area contributed by atoms with E-state index < -0.39 is 35.6 Å². The molecule has 1 aromatic carbocycles. The standard InChI is InChI=1S/C20H22N6O7/c1-22-16-14(17(28)23(2)18(22)29)26(10-21-16)12-6-4-3-5-11(12)15(27)13-9-24(19(30)31)7-8-25(13)20(32)33/h3-6,10,13,15,27H,7-9H2,1-2H3,(H,30,31)(H,32,33). The van der Waals surface area contributed by atoms with E-state index in [-0.39, 0.29) is 36.4 Å². The van der Waals surface area contributed by atoms with Crippen molar-refractivity contribution in [2.75, 3.05) is 19.6 Å². The summed E-state index contributed by atoms with van der Waals surface area (Å²) in [6.07, 6.45) is -2.56. The highest BCUT2D eigenvalue weighted by atomic mass is 16.4. The molecule has 1 fully saturated rings. The van der Waals surface area contributed by atoms with Crippen molar-refractivity contribution in [3.63, 3.8) is 0 Å². The van der Waals surface area contributed by atoms with E-state index in [4.69, 9.17) is 0 Å². The minimum absolute atomic E-state index is 0.0112. The quantitative estimate of drug-likeness (QED) is 0.486. The number of aliphatic hydroxyl groups excluding tert-OH is 1. The molecule has 1 saturated heterocycles. The molecule has 4 rings (SSSR count). The van der Waals surface area contributed by atoms with E-state index in [0.717, 1.165) is 14.4 Å². The summed E-state index contributed by atoms with van der Waals surface area (Å²) in [5, 5.41) is 30.2. The van der Waals surface area contributed by atoms with Crippen LogP contribution in [0.15, 0.2) is 40.2 Å². The number of para-hydroxylation sites is 1. The smallest absolute Gasteiger partial charge is 0.407 e. The van der Waals surface area contributed by atoms with Gasteiger partial charge in [-0.1, -0.05) is 18.2 Å². The van der Waals surface area contributed by atoms with Crippen molar-refractivity contribution in [2.24, 2.45) is 14.1 Å². The molecule has 0 aliphatic carbocycles. The van der Waals surface area contributed by atoms with Crippen LogP contribution in [0.2, 0.25) is 0 Å². The normalized spacial score (nSPS) is 17.4. The van der Waals surface area contributed by atoms with Gasteiger partial charge in [-0.3, -0.25) is 23.4 Å². The fourth-order valence-corrected chi connectivity index (χ4v) is 4.18. The van der Waals surface area contributed by atoms with Gasteiger partial charge in [-0.15, -0.1) is 0 Å². The minimum Gasteiger partial charge on any atom is -0.465 e. The fourth-order valence-electron chi connectivity index (χ4n) is 4.18. The number of aryl methyl sites for hydroxylation is 1. The molecule has 33 heavy (non-hydrogen) atoms. The lowest BCUT2D eigenvalue weighted by Crippen LogP contribution is -2.58. The summed E-state index contributed by atoms with van der Waals surface area (Å²) in [7, 11) is 2.82. The number of hydrogen-bond donors (Lipinski definition) is 3. The van der Waals surface area contributed by atoms with Crippen LogP contribution >= 0.6 is 0 Å². The van der Waals surface area contributed by atoms with Crippen LogP contribution in [0.3, 0.4) is 0 Å². The molecule has 2 unspecified atom stereocenters. The lowest BCUT2D eigenvalue weighted by molar-refractivity contribution is 0.00327. The SMILES string of the molecule is Cn1c(=O)c2c(ncn2-c2ccccc2C(O)C2CN(C(=O)O)CCN2C(=O)O)n(C)c1=O. The van der Waals surface area contributed by atoms with Crippen LogP contribution in [0.25, 0.3) is 16.9 Å². The Bertz CT molecular complexity index is 1370. The molecular weight excluding hydrogens is 436 g/mol. The molecule has 0 bridgehead atoms. The van der Waals surface area contributed by atoms with Crippen molar-refractivity contribution in [3.8, 4) is 5.69 Å². The first-order chi connectivity index (χ1) is 15.6. The summed E-state index contributed by atoms with van der Waals surface area (Å²) in [6, 6.07) is 5.42. The van der Waals surface area contributed by atoms with Gasteiger partial charge >= 0.3 is 17.9 Å². The number of carboxylic acid groups (broad SMARTS) is 2. The highest BCUT2D eigenvalue weighted by Crippen LogP contribution is 2.30. The average Bonchev–Trinajstić information content (AvgIpc) is 3.25. The van der Waals surface area contributed by atoms with Crippen molar-refractivity contribution in [1.29, 1.82) is 0 Å². The number of fused-ring (bicyclic) bond motifs is 1. The fraction of sp³-hybridized carbons (Fsp3) is 0.350. The third-order valence-corrected chi connectivity index (χ3v) is 5.96. The molecule has 2 atom stereocenters. The van der Waals surface area contributed by atoms with Crippen LogP contribution in [0.1, 0.15) is 11.7 Å². The predicted molar refractivity (Wildman–Crippen MR) is 115 cm³/mol. The van der Waals surface area contributed by atoms with Gasteiger partial charge in [-0.2, -0.15) is 0 Å². The molecule has 13 nitrogen and oxygen atoms in total. The molecule has 2 aromatic heterocycles. The van der Waals surface area contributed by atoms with E-state index in [2.05, 4.69) is 4.98 Å². The second-order valence-electron chi connectivity index (χ2n) is 7.77. The Balaban J connectivity index is 1.86. The van der Waals surface area contributed by atoms with Crippen molar-refractivity contribution in [3.05, 3.63) is 57.0 Å². The number of hydrogen-bond acceptors (Lipinski definition) is 6. The summed E-state index contributed by atoms with van der Waals surface area (Å²) >= 11 is 0. The molecule has 174 valence electrons. The first-order valence-corrected chi connectivity index (χ1v) is 10.0. The van der Waals surface area contributed by atoms with Crippen LogP contribution in [0.4, 0.5) is 9.59 Å². The number of nitrogens with zero attached hydrogens (tertiary/aromatic N) is 6. The molecule has 0 radical (unpaired) electrons. The number of rotatable bonds is 3. The predicted octanol–water partition coefficient (Wildman–Crippen LogP) is -0.201. The highest BCUT2D eigenvalue weighted by molar-refractivity contribution is 5.73. The zero-order valence-corrected chi connectivity index (χ0v) is 17.8. The number of amides is 2. The van der Waals surface area contributed by atoms with Crippen molar-refractivity contribution < 1.29 is 24.9 Å². The first-order valence-electron chi connectivity index (χ1n) is 10.0. The molecule has 0 spiro atoms. The second-order valence-corrected chi connectivity index (χ2v) is 7.77. The van der Waals surface area contributed by atoms with E-state index in [1.54, 1.807) is 24.3 Å². The number of imidazole rings is 1. The highest BCUT2D eigenvalue weighted by Gasteiger charge is 2.38. The lowest BCUT2D eigenvalue weighted by atomic mass is 9.97. The van der Waals surface area contributed by atoms with Gasteiger partial charge in [0.1, 0.15) is 12.4 Å². The number of aromatic nitrogens is 4. The summed E-state index contributed by atoms with van der Waals surface area (Å²) in [5.41, 5.74) is -0.257. The Kier molecular flexibility index (Phi) is 5.41. The molecule has 3 aromatic rings. The largest absolute Gasteiger partial charge is 0.465 e. The topological polar surface area (TPSA) is 163 Å². The van der Waals surface area contributed by atoms with Crippen LogP contribution in [0, 0.1) is 0 Å². The Labute approximate surface area is 185 Å². The maximum absolute atomic E-state index is 12.9. The van der Waals surface area contributed by atoms with Gasteiger partial charge < -0.3 is 20.2 Å². The summed E-state index contributed by atoms with van der Waals surface area (Å²) in [5.74, 6) is 0. The van der Waals surface area contributed by atoms with Gasteiger partial charge in [-0.25, -0.2) is 19.4 Å². The third kappa shape index (κ3) is 3.51. The number of aliphatic hydroxyl groups is 1. The van der Waals surface area contributed by atoms with Crippen LogP contribution in [0.5, 0.6) is 0 Å². The molecule has 2 amide bonds. The van der Waals surface area contributed by atoms with Gasteiger partial charge in [0.25, 0.3) is 5.56 Å². The van der Waals surface area contributed by atoms with E-state index in [1.807, 2.05) is 0 Å². The van der Waals surface area contributed by atoms with Gasteiger partial charge in [0.15, 0.2) is 11.2 Å². The number of piperazine rings is 1. The maximum Gasteiger partial charge on any atom is 0.407 e.